The number of H-pyrrole nitrogens is 1. The van der Waals surface area contributed by atoms with Crippen LogP contribution in [-0.4, -0.2) is 60.2 Å². The van der Waals surface area contributed by atoms with Crippen LogP contribution in [0.2, 0.25) is 5.02 Å². The van der Waals surface area contributed by atoms with Crippen molar-refractivity contribution in [3.05, 3.63) is 28.9 Å². The number of methoxy groups -OCH3 is 1. The van der Waals surface area contributed by atoms with Gasteiger partial charge in [0.25, 0.3) is 0 Å². The molecule has 3 rings (SSSR count). The molecule has 1 aliphatic heterocycles. The van der Waals surface area contributed by atoms with E-state index in [9.17, 15) is 9.59 Å². The van der Waals surface area contributed by atoms with Crippen molar-refractivity contribution >= 4 is 40.1 Å². The van der Waals surface area contributed by atoms with Gasteiger partial charge in [-0.1, -0.05) is 11.6 Å². The molecule has 146 valence electrons. The van der Waals surface area contributed by atoms with Crippen LogP contribution in [0.1, 0.15) is 31.3 Å². The first-order chi connectivity index (χ1) is 12.8. The number of carbonyl (C=O) groups is 2. The molecule has 0 aliphatic carbocycles. The monoisotopic (exact) mass is 393 g/mol. The summed E-state index contributed by atoms with van der Waals surface area (Å²) in [6.07, 6.45) is 0.114. The summed E-state index contributed by atoms with van der Waals surface area (Å²) in [4.78, 5) is 30.2. The van der Waals surface area contributed by atoms with E-state index in [-0.39, 0.29) is 29.9 Å². The highest BCUT2D eigenvalue weighted by Crippen LogP contribution is 2.31. The summed E-state index contributed by atoms with van der Waals surface area (Å²) >= 11 is 6.10. The van der Waals surface area contributed by atoms with E-state index in [0.29, 0.717) is 34.7 Å². The molecule has 1 fully saturated rings. The van der Waals surface area contributed by atoms with Gasteiger partial charge in [-0.15, -0.1) is 0 Å². The van der Waals surface area contributed by atoms with E-state index in [1.807, 2.05) is 20.8 Å². The molecule has 1 aromatic heterocycles. The second kappa shape index (κ2) is 7.88. The van der Waals surface area contributed by atoms with Gasteiger partial charge in [-0.2, -0.15) is 0 Å². The topological polar surface area (TPSA) is 83.7 Å². The van der Waals surface area contributed by atoms with Crippen LogP contribution in [0.15, 0.2) is 18.2 Å². The van der Waals surface area contributed by atoms with Crippen molar-refractivity contribution in [2.75, 3.05) is 25.5 Å². The Morgan fingerprint density at radius 2 is 2.00 bits per heavy atom. The number of morpholine rings is 1. The number of aromatic amines is 1. The molecule has 0 bridgehead atoms. The number of halogens is 1. The number of hydrogen-bond acceptors (Lipinski definition) is 5. The van der Waals surface area contributed by atoms with Crippen LogP contribution >= 0.6 is 11.6 Å². The number of rotatable bonds is 4. The number of amides is 1. The van der Waals surface area contributed by atoms with Crippen LogP contribution in [0.25, 0.3) is 10.9 Å². The number of benzene rings is 1. The fourth-order valence-corrected chi connectivity index (χ4v) is 3.65. The Kier molecular flexibility index (Phi) is 5.74. The molecule has 2 N–H and O–H groups in total. The predicted molar refractivity (Wildman–Crippen MR) is 104 cm³/mol. The van der Waals surface area contributed by atoms with Crippen molar-refractivity contribution in [3.8, 4) is 0 Å². The lowest BCUT2D eigenvalue weighted by Gasteiger charge is -2.38. The van der Waals surface area contributed by atoms with E-state index in [1.54, 1.807) is 18.2 Å². The fraction of sp³-hybridized carbons (Fsp3) is 0.474. The summed E-state index contributed by atoms with van der Waals surface area (Å²) in [5.74, 6) is -0.763. The number of anilines is 1. The van der Waals surface area contributed by atoms with Crippen molar-refractivity contribution in [1.29, 1.82) is 0 Å². The Morgan fingerprint density at radius 3 is 2.63 bits per heavy atom. The molecule has 0 saturated carbocycles. The zero-order valence-corrected chi connectivity index (χ0v) is 16.6. The smallest absolute Gasteiger partial charge is 0.356 e. The summed E-state index contributed by atoms with van der Waals surface area (Å²) in [5, 5.41) is 4.06. The number of nitrogens with one attached hydrogen (secondary N) is 2. The van der Waals surface area contributed by atoms with E-state index in [2.05, 4.69) is 15.2 Å². The average molecular weight is 394 g/mol. The maximum Gasteiger partial charge on any atom is 0.356 e. The summed E-state index contributed by atoms with van der Waals surface area (Å²) in [7, 11) is 1.30. The molecular weight excluding hydrogens is 370 g/mol. The second-order valence-electron chi connectivity index (χ2n) is 6.93. The molecule has 7 nitrogen and oxygen atoms in total. The van der Waals surface area contributed by atoms with Gasteiger partial charge in [-0.25, -0.2) is 4.79 Å². The van der Waals surface area contributed by atoms with Crippen molar-refractivity contribution in [2.24, 2.45) is 0 Å². The van der Waals surface area contributed by atoms with Crippen molar-refractivity contribution < 1.29 is 19.1 Å². The van der Waals surface area contributed by atoms with Gasteiger partial charge >= 0.3 is 5.97 Å². The zero-order chi connectivity index (χ0) is 19.7. The number of ether oxygens (including phenoxy) is 2. The molecule has 0 unspecified atom stereocenters. The standard InChI is InChI=1S/C19H24ClN3O4/c1-10-8-23(9-11(2)27-10)12(3)18(24)22-16-14-7-13(20)5-6-15(14)21-17(16)19(25)26-4/h5-7,10-12,21H,8-9H2,1-4H3,(H,22,24)/t10-,11-,12-/m1/s1. The third kappa shape index (κ3) is 4.10. The molecule has 2 heterocycles. The molecule has 0 radical (unpaired) electrons. The van der Waals surface area contributed by atoms with E-state index in [1.165, 1.54) is 7.11 Å². The third-order valence-electron chi connectivity index (χ3n) is 4.77. The number of nitrogens with zero attached hydrogens (tertiary/aromatic N) is 1. The Balaban J connectivity index is 1.89. The van der Waals surface area contributed by atoms with Crippen LogP contribution in [0, 0.1) is 0 Å². The molecule has 3 atom stereocenters. The highest BCUT2D eigenvalue weighted by atomic mass is 35.5. The van der Waals surface area contributed by atoms with Crippen LogP contribution < -0.4 is 5.32 Å². The predicted octanol–water partition coefficient (Wildman–Crippen LogP) is 3.04. The minimum absolute atomic E-state index is 0.0570. The molecule has 1 aromatic carbocycles. The zero-order valence-electron chi connectivity index (χ0n) is 15.8. The second-order valence-corrected chi connectivity index (χ2v) is 7.37. The van der Waals surface area contributed by atoms with Crippen molar-refractivity contribution in [1.82, 2.24) is 9.88 Å². The molecule has 0 spiro atoms. The highest BCUT2D eigenvalue weighted by molar-refractivity contribution is 6.31. The Hall–Kier alpha value is -2.09. The molecule has 27 heavy (non-hydrogen) atoms. The van der Waals surface area contributed by atoms with Crippen molar-refractivity contribution in [2.45, 2.75) is 39.0 Å². The van der Waals surface area contributed by atoms with Gasteiger partial charge in [-0.05, 0) is 39.0 Å². The van der Waals surface area contributed by atoms with Crippen molar-refractivity contribution in [3.63, 3.8) is 0 Å². The van der Waals surface area contributed by atoms with Gasteiger partial charge in [-0.3, -0.25) is 9.69 Å². The highest BCUT2D eigenvalue weighted by Gasteiger charge is 2.30. The van der Waals surface area contributed by atoms with Crippen LogP contribution in [-0.2, 0) is 14.3 Å². The Labute approximate surface area is 162 Å². The van der Waals surface area contributed by atoms with Gasteiger partial charge in [0.2, 0.25) is 5.91 Å². The molecule has 8 heteroatoms. The summed E-state index contributed by atoms with van der Waals surface area (Å²) in [6, 6.07) is 4.80. The molecule has 1 saturated heterocycles. The van der Waals surface area contributed by atoms with E-state index in [4.69, 9.17) is 21.1 Å². The minimum Gasteiger partial charge on any atom is -0.464 e. The number of hydrogen-bond donors (Lipinski definition) is 2. The first-order valence-corrected chi connectivity index (χ1v) is 9.27. The van der Waals surface area contributed by atoms with E-state index >= 15 is 0 Å². The Morgan fingerprint density at radius 1 is 1.33 bits per heavy atom. The molecule has 1 amide bonds. The average Bonchev–Trinajstić information content (AvgIpc) is 2.97. The quantitative estimate of drug-likeness (QED) is 0.780. The van der Waals surface area contributed by atoms with E-state index in [0.717, 1.165) is 0 Å². The lowest BCUT2D eigenvalue weighted by Crippen LogP contribution is -2.52. The number of esters is 1. The minimum atomic E-state index is -0.557. The third-order valence-corrected chi connectivity index (χ3v) is 5.01. The summed E-state index contributed by atoms with van der Waals surface area (Å²) < 4.78 is 10.6. The maximum atomic E-state index is 12.9. The van der Waals surface area contributed by atoms with Crippen LogP contribution in [0.4, 0.5) is 5.69 Å². The van der Waals surface area contributed by atoms with E-state index < -0.39 is 5.97 Å². The fourth-order valence-electron chi connectivity index (χ4n) is 3.48. The van der Waals surface area contributed by atoms with Gasteiger partial charge in [0.1, 0.15) is 5.69 Å². The SMILES string of the molecule is COC(=O)c1[nH]c2ccc(Cl)cc2c1NC(=O)[C@@H](C)N1C[C@@H](C)O[C@H](C)C1. The normalized spacial score (nSPS) is 21.8. The lowest BCUT2D eigenvalue weighted by atomic mass is 10.1. The lowest BCUT2D eigenvalue weighted by molar-refractivity contribution is -0.126. The molecular formula is C19H24ClN3O4. The van der Waals surface area contributed by atoms with Crippen LogP contribution in [0.5, 0.6) is 0 Å². The van der Waals surface area contributed by atoms with Gasteiger partial charge in [0, 0.05) is 29.0 Å². The van der Waals surface area contributed by atoms with Gasteiger partial charge in [0.05, 0.1) is 31.0 Å². The first-order valence-electron chi connectivity index (χ1n) is 8.90. The van der Waals surface area contributed by atoms with Crippen LogP contribution in [0.3, 0.4) is 0 Å². The number of fused-ring (bicyclic) bond motifs is 1. The Bertz CT molecular complexity index is 856. The summed E-state index contributed by atoms with van der Waals surface area (Å²) in [6.45, 7) is 7.17. The number of carbonyl (C=O) groups excluding carboxylic acids is 2. The largest absolute Gasteiger partial charge is 0.464 e. The van der Waals surface area contributed by atoms with Gasteiger partial charge in [0.15, 0.2) is 0 Å². The maximum absolute atomic E-state index is 12.9. The summed E-state index contributed by atoms with van der Waals surface area (Å²) in [5.41, 5.74) is 1.26. The molecule has 2 aromatic rings. The van der Waals surface area contributed by atoms with Gasteiger partial charge < -0.3 is 19.8 Å². The first kappa shape index (κ1) is 19.7. The molecule has 1 aliphatic rings. The number of aromatic nitrogens is 1.